The van der Waals surface area contributed by atoms with Crippen molar-refractivity contribution in [3.63, 3.8) is 0 Å². The molecule has 5 nitrogen and oxygen atoms in total. The molecule has 0 aliphatic carbocycles. The van der Waals surface area contributed by atoms with Gasteiger partial charge >= 0.3 is 0 Å². The van der Waals surface area contributed by atoms with E-state index >= 15 is 0 Å². The maximum atomic E-state index is 6.07. The van der Waals surface area contributed by atoms with Gasteiger partial charge in [-0.05, 0) is 32.9 Å². The van der Waals surface area contributed by atoms with Gasteiger partial charge in [-0.1, -0.05) is 6.42 Å². The van der Waals surface area contributed by atoms with E-state index in [1.54, 1.807) is 20.3 Å². The summed E-state index contributed by atoms with van der Waals surface area (Å²) in [6.07, 6.45) is 3.98. The highest BCUT2D eigenvalue weighted by Gasteiger charge is 2.17. The van der Waals surface area contributed by atoms with Crippen LogP contribution in [0.2, 0.25) is 0 Å². The summed E-state index contributed by atoms with van der Waals surface area (Å²) in [5.74, 6) is 1.35. The lowest BCUT2D eigenvalue weighted by atomic mass is 10.1. The molecule has 5 heteroatoms. The van der Waals surface area contributed by atoms with Crippen LogP contribution in [0.15, 0.2) is 12.1 Å². The van der Waals surface area contributed by atoms with Gasteiger partial charge in [0.2, 0.25) is 0 Å². The fraction of sp³-hybridized carbons (Fsp3) is 0.625. The molecule has 1 aliphatic heterocycles. The van der Waals surface area contributed by atoms with Crippen LogP contribution < -0.4 is 20.5 Å². The molecule has 1 aromatic rings. The highest BCUT2D eigenvalue weighted by Crippen LogP contribution is 2.34. The first-order valence-electron chi connectivity index (χ1n) is 7.65. The molecule has 0 saturated carbocycles. The lowest BCUT2D eigenvalue weighted by Crippen LogP contribution is -2.41. The zero-order chi connectivity index (χ0) is 15.2. The molecule has 1 fully saturated rings. The zero-order valence-corrected chi connectivity index (χ0v) is 13.3. The van der Waals surface area contributed by atoms with Crippen molar-refractivity contribution in [3.8, 4) is 11.5 Å². The van der Waals surface area contributed by atoms with E-state index in [0.29, 0.717) is 23.2 Å². The van der Waals surface area contributed by atoms with Crippen molar-refractivity contribution in [2.45, 2.75) is 32.2 Å². The van der Waals surface area contributed by atoms with Gasteiger partial charge < -0.3 is 20.5 Å². The molecule has 1 aliphatic rings. The number of anilines is 2. The Labute approximate surface area is 127 Å². The number of hydrogen-bond donors (Lipinski definition) is 2. The second-order valence-corrected chi connectivity index (χ2v) is 5.62. The number of hydrogen-bond acceptors (Lipinski definition) is 5. The van der Waals surface area contributed by atoms with Crippen molar-refractivity contribution in [1.29, 1.82) is 0 Å². The summed E-state index contributed by atoms with van der Waals surface area (Å²) in [7, 11) is 3.25. The normalized spacial score (nSPS) is 17.3. The Balaban J connectivity index is 1.98. The second kappa shape index (κ2) is 7.41. The third kappa shape index (κ3) is 3.94. The van der Waals surface area contributed by atoms with E-state index in [9.17, 15) is 0 Å². The Morgan fingerprint density at radius 1 is 1.14 bits per heavy atom. The Morgan fingerprint density at radius 2 is 1.76 bits per heavy atom. The molecule has 0 aromatic heterocycles. The maximum absolute atomic E-state index is 6.07. The summed E-state index contributed by atoms with van der Waals surface area (Å²) < 4.78 is 10.6. The number of nitrogens with zero attached hydrogens (tertiary/aromatic N) is 1. The molecule has 1 aromatic carbocycles. The van der Waals surface area contributed by atoms with Crippen molar-refractivity contribution < 1.29 is 9.47 Å². The molecular weight excluding hydrogens is 266 g/mol. The minimum absolute atomic E-state index is 0.498. The van der Waals surface area contributed by atoms with Crippen LogP contribution in [0.3, 0.4) is 0 Å². The van der Waals surface area contributed by atoms with Gasteiger partial charge in [-0.3, -0.25) is 4.90 Å². The molecular formula is C16H27N3O2. The van der Waals surface area contributed by atoms with Crippen molar-refractivity contribution >= 4 is 11.4 Å². The minimum Gasteiger partial charge on any atom is -0.493 e. The van der Waals surface area contributed by atoms with Crippen molar-refractivity contribution in [2.24, 2.45) is 0 Å². The highest BCUT2D eigenvalue weighted by atomic mass is 16.5. The molecule has 0 bridgehead atoms. The van der Waals surface area contributed by atoms with Crippen molar-refractivity contribution in [3.05, 3.63) is 12.1 Å². The number of benzene rings is 1. The van der Waals surface area contributed by atoms with E-state index in [2.05, 4.69) is 17.1 Å². The van der Waals surface area contributed by atoms with Gasteiger partial charge in [-0.2, -0.15) is 0 Å². The van der Waals surface area contributed by atoms with Crippen LogP contribution in [-0.4, -0.2) is 44.8 Å². The second-order valence-electron chi connectivity index (χ2n) is 5.62. The molecule has 1 saturated heterocycles. The van der Waals surface area contributed by atoms with Gasteiger partial charge in [0.1, 0.15) is 0 Å². The summed E-state index contributed by atoms with van der Waals surface area (Å²) in [6.45, 7) is 5.53. The Bertz CT molecular complexity index is 459. The molecule has 118 valence electrons. The van der Waals surface area contributed by atoms with E-state index in [-0.39, 0.29) is 0 Å². The molecule has 1 heterocycles. The van der Waals surface area contributed by atoms with Crippen LogP contribution in [0.4, 0.5) is 11.4 Å². The topological polar surface area (TPSA) is 59.8 Å². The quantitative estimate of drug-likeness (QED) is 0.789. The Morgan fingerprint density at radius 3 is 2.38 bits per heavy atom. The number of nitrogens with one attached hydrogen (secondary N) is 1. The summed E-state index contributed by atoms with van der Waals surface area (Å²) in [5.41, 5.74) is 7.65. The zero-order valence-electron chi connectivity index (χ0n) is 13.3. The number of nitrogens with two attached hydrogens (primary N) is 1. The predicted molar refractivity (Wildman–Crippen MR) is 87.3 cm³/mol. The van der Waals surface area contributed by atoms with E-state index in [1.165, 1.54) is 32.4 Å². The maximum Gasteiger partial charge on any atom is 0.162 e. The number of piperidine rings is 1. The van der Waals surface area contributed by atoms with Gasteiger partial charge in [0.25, 0.3) is 0 Å². The standard InChI is InChI=1S/C16H27N3O2/c1-12(19-7-5-4-6-8-19)11-18-14-10-16(21-3)15(20-2)9-13(14)17/h9-10,12,18H,4-8,11,17H2,1-3H3. The predicted octanol–water partition coefficient (Wildman–Crippen LogP) is 2.57. The van der Waals surface area contributed by atoms with E-state index in [4.69, 9.17) is 15.2 Å². The number of nitrogen functional groups attached to an aromatic ring is 1. The molecule has 21 heavy (non-hydrogen) atoms. The SMILES string of the molecule is COc1cc(N)c(NCC(C)N2CCCCC2)cc1OC. The van der Waals surface area contributed by atoms with Gasteiger partial charge in [-0.15, -0.1) is 0 Å². The average Bonchev–Trinajstić information content (AvgIpc) is 2.53. The lowest BCUT2D eigenvalue weighted by molar-refractivity contribution is 0.180. The Hall–Kier alpha value is -1.62. The summed E-state index contributed by atoms with van der Waals surface area (Å²) in [4.78, 5) is 2.54. The van der Waals surface area contributed by atoms with Crippen LogP contribution in [0, 0.1) is 0 Å². The number of likely N-dealkylation sites (tertiary alicyclic amines) is 1. The fourth-order valence-electron chi connectivity index (χ4n) is 2.79. The van der Waals surface area contributed by atoms with Crippen LogP contribution in [0.25, 0.3) is 0 Å². The van der Waals surface area contributed by atoms with Crippen LogP contribution >= 0.6 is 0 Å². The smallest absolute Gasteiger partial charge is 0.162 e. The molecule has 1 unspecified atom stereocenters. The number of methoxy groups -OCH3 is 2. The minimum atomic E-state index is 0.498. The monoisotopic (exact) mass is 293 g/mol. The molecule has 0 spiro atoms. The average molecular weight is 293 g/mol. The van der Waals surface area contributed by atoms with E-state index in [1.807, 2.05) is 6.07 Å². The van der Waals surface area contributed by atoms with Crippen molar-refractivity contribution in [2.75, 3.05) is 44.9 Å². The summed E-state index contributed by atoms with van der Waals surface area (Å²) >= 11 is 0. The number of ether oxygens (including phenoxy) is 2. The van der Waals surface area contributed by atoms with Gasteiger partial charge in [-0.25, -0.2) is 0 Å². The molecule has 0 radical (unpaired) electrons. The van der Waals surface area contributed by atoms with E-state index < -0.39 is 0 Å². The van der Waals surface area contributed by atoms with Crippen LogP contribution in [-0.2, 0) is 0 Å². The molecule has 3 N–H and O–H groups in total. The number of rotatable bonds is 6. The van der Waals surface area contributed by atoms with Crippen molar-refractivity contribution in [1.82, 2.24) is 4.90 Å². The van der Waals surface area contributed by atoms with Gasteiger partial charge in [0.15, 0.2) is 11.5 Å². The fourth-order valence-corrected chi connectivity index (χ4v) is 2.79. The summed E-state index contributed by atoms with van der Waals surface area (Å²) in [6, 6.07) is 4.20. The largest absolute Gasteiger partial charge is 0.493 e. The summed E-state index contributed by atoms with van der Waals surface area (Å²) in [5, 5.41) is 3.43. The first-order valence-corrected chi connectivity index (χ1v) is 7.65. The molecule has 2 rings (SSSR count). The van der Waals surface area contributed by atoms with Crippen LogP contribution in [0.1, 0.15) is 26.2 Å². The third-order valence-corrected chi connectivity index (χ3v) is 4.16. The van der Waals surface area contributed by atoms with E-state index in [0.717, 1.165) is 12.2 Å². The molecule has 1 atom stereocenters. The van der Waals surface area contributed by atoms with Crippen LogP contribution in [0.5, 0.6) is 11.5 Å². The molecule has 0 amide bonds. The first kappa shape index (κ1) is 15.8. The Kier molecular flexibility index (Phi) is 5.56. The van der Waals surface area contributed by atoms with Gasteiger partial charge in [0, 0.05) is 24.7 Å². The first-order chi connectivity index (χ1) is 10.2. The lowest BCUT2D eigenvalue weighted by Gasteiger charge is -2.32. The highest BCUT2D eigenvalue weighted by molar-refractivity contribution is 5.72. The third-order valence-electron chi connectivity index (χ3n) is 4.16. The van der Waals surface area contributed by atoms with Gasteiger partial charge in [0.05, 0.1) is 25.6 Å².